The van der Waals surface area contributed by atoms with Gasteiger partial charge in [-0.2, -0.15) is 18.3 Å². The number of ether oxygens (including phenoxy) is 1. The minimum absolute atomic E-state index is 0.411. The van der Waals surface area contributed by atoms with E-state index in [0.29, 0.717) is 30.0 Å². The highest BCUT2D eigenvalue weighted by Gasteiger charge is 2.31. The van der Waals surface area contributed by atoms with Crippen LogP contribution in [0.15, 0.2) is 30.5 Å². The van der Waals surface area contributed by atoms with Crippen molar-refractivity contribution >= 4 is 11.7 Å². The van der Waals surface area contributed by atoms with Gasteiger partial charge >= 0.3 is 12.2 Å². The molecule has 9 heteroatoms. The lowest BCUT2D eigenvalue weighted by Crippen LogP contribution is -2.34. The molecule has 140 valence electrons. The number of alkyl halides is 3. The molecular formula is C17H19F3N4O2. The molecule has 0 saturated carbocycles. The second-order valence-corrected chi connectivity index (χ2v) is 6.12. The zero-order valence-corrected chi connectivity index (χ0v) is 14.1. The Morgan fingerprint density at radius 3 is 2.73 bits per heavy atom. The first-order valence-corrected chi connectivity index (χ1v) is 8.18. The standard InChI is InChI=1S/C17H19F3N4O2/c1-26-13-7-5-12(6-8-13)21-16(25)22-14-4-2-3-11-9-24(23-15(11)14)10-17(18,19)20/h5-9,14H,2-4,10H2,1H3,(H2,21,22,25)/t14-/m1/s1. The summed E-state index contributed by atoms with van der Waals surface area (Å²) in [5, 5.41) is 9.52. The van der Waals surface area contributed by atoms with E-state index in [1.807, 2.05) is 0 Å². The van der Waals surface area contributed by atoms with Crippen LogP contribution in [0.1, 0.15) is 30.1 Å². The van der Waals surface area contributed by atoms with Gasteiger partial charge in [0.25, 0.3) is 0 Å². The second kappa shape index (κ2) is 7.27. The molecule has 26 heavy (non-hydrogen) atoms. The fraction of sp³-hybridized carbons (Fsp3) is 0.412. The first-order valence-electron chi connectivity index (χ1n) is 8.18. The third-order valence-corrected chi connectivity index (χ3v) is 4.13. The number of anilines is 1. The lowest BCUT2D eigenvalue weighted by Gasteiger charge is -2.22. The molecule has 0 spiro atoms. The van der Waals surface area contributed by atoms with E-state index in [2.05, 4.69) is 15.7 Å². The van der Waals surface area contributed by atoms with Gasteiger partial charge in [0.1, 0.15) is 12.3 Å². The number of hydrogen-bond donors (Lipinski definition) is 2. The number of carbonyl (C=O) groups excluding carboxylic acids is 1. The number of methoxy groups -OCH3 is 1. The lowest BCUT2D eigenvalue weighted by atomic mass is 9.94. The first kappa shape index (κ1) is 18.1. The van der Waals surface area contributed by atoms with Crippen LogP contribution in [0.25, 0.3) is 0 Å². The monoisotopic (exact) mass is 368 g/mol. The normalized spacial score (nSPS) is 16.7. The number of benzene rings is 1. The highest BCUT2D eigenvalue weighted by Crippen LogP contribution is 2.29. The molecule has 2 amide bonds. The van der Waals surface area contributed by atoms with Crippen molar-refractivity contribution in [3.63, 3.8) is 0 Å². The molecule has 1 atom stereocenters. The van der Waals surface area contributed by atoms with Crippen molar-refractivity contribution in [2.75, 3.05) is 12.4 Å². The van der Waals surface area contributed by atoms with Crippen LogP contribution in [-0.4, -0.2) is 29.1 Å². The Morgan fingerprint density at radius 2 is 2.08 bits per heavy atom. The van der Waals surface area contributed by atoms with Crippen LogP contribution < -0.4 is 15.4 Å². The summed E-state index contributed by atoms with van der Waals surface area (Å²) in [6, 6.07) is 5.98. The van der Waals surface area contributed by atoms with Gasteiger partial charge in [-0.15, -0.1) is 0 Å². The number of halogens is 3. The maximum atomic E-state index is 12.6. The van der Waals surface area contributed by atoms with Gasteiger partial charge in [0.2, 0.25) is 0 Å². The average molecular weight is 368 g/mol. The van der Waals surface area contributed by atoms with Gasteiger partial charge in [0.05, 0.1) is 18.8 Å². The molecule has 0 radical (unpaired) electrons. The van der Waals surface area contributed by atoms with E-state index in [0.717, 1.165) is 16.7 Å². The Hall–Kier alpha value is -2.71. The number of nitrogens with one attached hydrogen (secondary N) is 2. The molecule has 3 rings (SSSR count). The van der Waals surface area contributed by atoms with E-state index >= 15 is 0 Å². The summed E-state index contributed by atoms with van der Waals surface area (Å²) in [7, 11) is 1.55. The number of aryl methyl sites for hydroxylation is 1. The molecular weight excluding hydrogens is 349 g/mol. The van der Waals surface area contributed by atoms with Crippen molar-refractivity contribution in [2.45, 2.75) is 38.0 Å². The molecule has 6 nitrogen and oxygen atoms in total. The topological polar surface area (TPSA) is 68.2 Å². The Balaban J connectivity index is 1.66. The maximum Gasteiger partial charge on any atom is 0.408 e. The largest absolute Gasteiger partial charge is 0.497 e. The minimum Gasteiger partial charge on any atom is -0.497 e. The van der Waals surface area contributed by atoms with Gasteiger partial charge < -0.3 is 15.4 Å². The smallest absolute Gasteiger partial charge is 0.408 e. The quantitative estimate of drug-likeness (QED) is 0.866. The lowest BCUT2D eigenvalue weighted by molar-refractivity contribution is -0.142. The third kappa shape index (κ3) is 4.47. The molecule has 2 N–H and O–H groups in total. The summed E-state index contributed by atoms with van der Waals surface area (Å²) >= 11 is 0. The fourth-order valence-corrected chi connectivity index (χ4v) is 3.00. The number of urea groups is 1. The highest BCUT2D eigenvalue weighted by molar-refractivity contribution is 5.89. The van der Waals surface area contributed by atoms with Crippen LogP contribution in [0.4, 0.5) is 23.7 Å². The van der Waals surface area contributed by atoms with Crippen molar-refractivity contribution in [2.24, 2.45) is 0 Å². The van der Waals surface area contributed by atoms with Crippen molar-refractivity contribution in [1.29, 1.82) is 0 Å². The van der Waals surface area contributed by atoms with Gasteiger partial charge in [0.15, 0.2) is 0 Å². The van der Waals surface area contributed by atoms with Crippen LogP contribution in [-0.2, 0) is 13.0 Å². The molecule has 0 bridgehead atoms. The summed E-state index contributed by atoms with van der Waals surface area (Å²) < 4.78 is 43.6. The molecule has 0 saturated heterocycles. The third-order valence-electron chi connectivity index (χ3n) is 4.13. The molecule has 1 aliphatic rings. The van der Waals surface area contributed by atoms with Crippen molar-refractivity contribution in [3.8, 4) is 5.75 Å². The average Bonchev–Trinajstić information content (AvgIpc) is 2.97. The first-order chi connectivity index (χ1) is 12.3. The second-order valence-electron chi connectivity index (χ2n) is 6.12. The number of nitrogens with zero attached hydrogens (tertiary/aromatic N) is 2. The van der Waals surface area contributed by atoms with E-state index < -0.39 is 24.8 Å². The van der Waals surface area contributed by atoms with E-state index in [1.54, 1.807) is 31.4 Å². The summed E-state index contributed by atoms with van der Waals surface area (Å²) in [5.74, 6) is 0.670. The van der Waals surface area contributed by atoms with Gasteiger partial charge in [0, 0.05) is 11.9 Å². The number of hydrogen-bond acceptors (Lipinski definition) is 3. The van der Waals surface area contributed by atoms with Crippen molar-refractivity contribution < 1.29 is 22.7 Å². The number of fused-ring (bicyclic) bond motifs is 1. The van der Waals surface area contributed by atoms with Crippen LogP contribution in [0.3, 0.4) is 0 Å². The van der Waals surface area contributed by atoms with E-state index in [-0.39, 0.29) is 0 Å². The molecule has 0 aliphatic heterocycles. The predicted octanol–water partition coefficient (Wildman–Crippen LogP) is 3.65. The molecule has 0 unspecified atom stereocenters. The zero-order chi connectivity index (χ0) is 18.7. The summed E-state index contributed by atoms with van der Waals surface area (Å²) in [5.41, 5.74) is 1.84. The summed E-state index contributed by atoms with van der Waals surface area (Å²) in [6.45, 7) is -1.13. The molecule has 1 heterocycles. The zero-order valence-electron chi connectivity index (χ0n) is 14.1. The Morgan fingerprint density at radius 1 is 1.35 bits per heavy atom. The number of amides is 2. The minimum atomic E-state index is -4.33. The molecule has 1 aromatic carbocycles. The maximum absolute atomic E-state index is 12.6. The van der Waals surface area contributed by atoms with Crippen LogP contribution >= 0.6 is 0 Å². The highest BCUT2D eigenvalue weighted by atomic mass is 19.4. The van der Waals surface area contributed by atoms with Crippen molar-refractivity contribution in [3.05, 3.63) is 41.7 Å². The van der Waals surface area contributed by atoms with Crippen LogP contribution in [0, 0.1) is 0 Å². The molecule has 1 aliphatic carbocycles. The molecule has 2 aromatic rings. The van der Waals surface area contributed by atoms with Gasteiger partial charge in [-0.25, -0.2) is 4.79 Å². The van der Waals surface area contributed by atoms with Crippen LogP contribution in [0.5, 0.6) is 5.75 Å². The summed E-state index contributed by atoms with van der Waals surface area (Å²) in [4.78, 5) is 12.2. The Kier molecular flexibility index (Phi) is 5.06. The number of rotatable bonds is 4. The summed E-state index contributed by atoms with van der Waals surface area (Å²) in [6.07, 6.45) is -0.850. The predicted molar refractivity (Wildman–Crippen MR) is 89.1 cm³/mol. The van der Waals surface area contributed by atoms with Crippen LogP contribution in [0.2, 0.25) is 0 Å². The fourth-order valence-electron chi connectivity index (χ4n) is 3.00. The van der Waals surface area contributed by atoms with Gasteiger partial charge in [-0.05, 0) is 49.1 Å². The van der Waals surface area contributed by atoms with E-state index in [1.165, 1.54) is 6.20 Å². The van der Waals surface area contributed by atoms with Gasteiger partial charge in [-0.1, -0.05) is 0 Å². The van der Waals surface area contributed by atoms with Crippen molar-refractivity contribution in [1.82, 2.24) is 15.1 Å². The van der Waals surface area contributed by atoms with E-state index in [9.17, 15) is 18.0 Å². The Labute approximate surface area is 148 Å². The molecule has 1 aromatic heterocycles. The van der Waals surface area contributed by atoms with Gasteiger partial charge in [-0.3, -0.25) is 4.68 Å². The number of aromatic nitrogens is 2. The van der Waals surface area contributed by atoms with E-state index in [4.69, 9.17) is 4.74 Å². The molecule has 0 fully saturated rings. The SMILES string of the molecule is COc1ccc(NC(=O)N[C@@H]2CCCc3cn(CC(F)(F)F)nc32)cc1. The number of carbonyl (C=O) groups is 1. The Bertz CT molecular complexity index is 771.